The van der Waals surface area contributed by atoms with Crippen LogP contribution in [0.5, 0.6) is 0 Å². The molecule has 2 nitrogen and oxygen atoms in total. The molecule has 1 saturated heterocycles. The summed E-state index contributed by atoms with van der Waals surface area (Å²) in [6, 6.07) is 0. The van der Waals surface area contributed by atoms with E-state index >= 15 is 0 Å². The number of hydrogen-bond donors (Lipinski definition) is 1. The van der Waals surface area contributed by atoms with Crippen LogP contribution in [0.3, 0.4) is 0 Å². The maximum atomic E-state index is 9.26. The number of aliphatic hydroxyl groups is 1. The Balaban J connectivity index is 0.000000561. The second-order valence-electron chi connectivity index (χ2n) is 3.10. The maximum Gasteiger partial charge on any atom is 0.0667 e. The molecule has 0 aromatic heterocycles. The summed E-state index contributed by atoms with van der Waals surface area (Å²) >= 11 is 0. The van der Waals surface area contributed by atoms with Crippen molar-refractivity contribution in [1.82, 2.24) is 4.90 Å². The molecule has 1 atom stereocenters. The largest absolute Gasteiger partial charge is 0.392 e. The lowest BCUT2D eigenvalue weighted by Crippen LogP contribution is -2.38. The molecule has 0 aromatic rings. The molecule has 1 unspecified atom stereocenters. The van der Waals surface area contributed by atoms with Gasteiger partial charge >= 0.3 is 0 Å². The molecule has 70 valence electrons. The molecule has 0 radical (unpaired) electrons. The van der Waals surface area contributed by atoms with Crippen LogP contribution in [0.4, 0.5) is 0 Å². The Kier molecular flexibility index (Phi) is 6.84. The van der Waals surface area contributed by atoms with E-state index in [4.69, 9.17) is 0 Å². The lowest BCUT2D eigenvalue weighted by Gasteiger charge is -2.29. The van der Waals surface area contributed by atoms with Gasteiger partial charge in [-0.2, -0.15) is 0 Å². The van der Waals surface area contributed by atoms with Gasteiger partial charge in [-0.15, -0.1) is 12.8 Å². The maximum absolute atomic E-state index is 9.26. The fraction of sp³-hybridized carbons (Fsp3) is 0.800. The van der Waals surface area contributed by atoms with Gasteiger partial charge in [0.05, 0.1) is 6.10 Å². The minimum Gasteiger partial charge on any atom is -0.392 e. The van der Waals surface area contributed by atoms with Crippen molar-refractivity contribution in [2.45, 2.75) is 32.3 Å². The first kappa shape index (κ1) is 11.5. The Hall–Kier alpha value is -0.520. The van der Waals surface area contributed by atoms with Crippen LogP contribution in [-0.4, -0.2) is 35.7 Å². The second kappa shape index (κ2) is 7.15. The Morgan fingerprint density at radius 3 is 2.67 bits per heavy atom. The summed E-state index contributed by atoms with van der Waals surface area (Å²) in [7, 11) is 0. The highest BCUT2D eigenvalue weighted by Gasteiger charge is 2.15. The van der Waals surface area contributed by atoms with Crippen LogP contribution >= 0.6 is 0 Å². The van der Waals surface area contributed by atoms with E-state index in [1.54, 1.807) is 0 Å². The number of likely N-dealkylation sites (tertiary alicyclic amines) is 1. The molecule has 12 heavy (non-hydrogen) atoms. The summed E-state index contributed by atoms with van der Waals surface area (Å²) in [6.07, 6.45) is 11.3. The minimum absolute atomic E-state index is 0.0553. The van der Waals surface area contributed by atoms with Crippen molar-refractivity contribution in [3.05, 3.63) is 0 Å². The van der Waals surface area contributed by atoms with Crippen LogP contribution in [0.1, 0.15) is 26.2 Å². The Morgan fingerprint density at radius 1 is 1.50 bits per heavy atom. The molecule has 1 heterocycles. The molecule has 1 fully saturated rings. The average molecular weight is 169 g/mol. The van der Waals surface area contributed by atoms with Crippen LogP contribution < -0.4 is 0 Å². The lowest BCUT2D eigenvalue weighted by atomic mass is 10.1. The molecule has 0 bridgehead atoms. The third kappa shape index (κ3) is 4.38. The van der Waals surface area contributed by atoms with Crippen molar-refractivity contribution in [2.75, 3.05) is 19.6 Å². The fourth-order valence-corrected chi connectivity index (χ4v) is 1.55. The van der Waals surface area contributed by atoms with E-state index in [0.717, 1.165) is 19.5 Å². The zero-order chi connectivity index (χ0) is 9.40. The Bertz CT molecular complexity index is 120. The SMILES string of the molecule is C#C.CCCN1CCCC(O)C1. The molecule has 0 saturated carbocycles. The van der Waals surface area contributed by atoms with E-state index in [1.165, 1.54) is 19.4 Å². The molecule has 1 rings (SSSR count). The van der Waals surface area contributed by atoms with Gasteiger partial charge in [-0.3, -0.25) is 0 Å². The fourth-order valence-electron chi connectivity index (χ4n) is 1.55. The molecular formula is C10H19NO. The van der Waals surface area contributed by atoms with Crippen LogP contribution in [0, 0.1) is 12.8 Å². The molecule has 0 aliphatic carbocycles. The van der Waals surface area contributed by atoms with E-state index < -0.39 is 0 Å². The monoisotopic (exact) mass is 169 g/mol. The first-order valence-corrected chi connectivity index (χ1v) is 4.56. The van der Waals surface area contributed by atoms with E-state index in [2.05, 4.69) is 24.7 Å². The molecule has 0 spiro atoms. The molecule has 1 aliphatic heterocycles. The number of aliphatic hydroxyl groups excluding tert-OH is 1. The highest BCUT2D eigenvalue weighted by Crippen LogP contribution is 2.09. The number of nitrogens with zero attached hydrogens (tertiary/aromatic N) is 1. The smallest absolute Gasteiger partial charge is 0.0667 e. The second-order valence-corrected chi connectivity index (χ2v) is 3.10. The van der Waals surface area contributed by atoms with Crippen LogP contribution in [0.2, 0.25) is 0 Å². The summed E-state index contributed by atoms with van der Waals surface area (Å²) in [5.41, 5.74) is 0. The Labute approximate surface area is 75.6 Å². The molecule has 0 aromatic carbocycles. The topological polar surface area (TPSA) is 23.5 Å². The van der Waals surface area contributed by atoms with Crippen molar-refractivity contribution in [3.8, 4) is 12.8 Å². The Morgan fingerprint density at radius 2 is 2.17 bits per heavy atom. The van der Waals surface area contributed by atoms with Crippen molar-refractivity contribution < 1.29 is 5.11 Å². The van der Waals surface area contributed by atoms with E-state index in [0.29, 0.717) is 0 Å². The summed E-state index contributed by atoms with van der Waals surface area (Å²) < 4.78 is 0. The van der Waals surface area contributed by atoms with Gasteiger partial charge in [0, 0.05) is 6.54 Å². The molecular weight excluding hydrogens is 150 g/mol. The zero-order valence-electron chi connectivity index (χ0n) is 7.87. The van der Waals surface area contributed by atoms with Gasteiger partial charge < -0.3 is 10.0 Å². The normalized spacial score (nSPS) is 24.2. The number of hydrogen-bond acceptors (Lipinski definition) is 2. The van der Waals surface area contributed by atoms with Crippen molar-refractivity contribution in [3.63, 3.8) is 0 Å². The molecule has 1 N–H and O–H groups in total. The predicted molar refractivity (Wildman–Crippen MR) is 51.9 cm³/mol. The van der Waals surface area contributed by atoms with Gasteiger partial charge in [-0.1, -0.05) is 6.92 Å². The van der Waals surface area contributed by atoms with Gasteiger partial charge in [-0.25, -0.2) is 0 Å². The molecule has 1 aliphatic rings. The van der Waals surface area contributed by atoms with Gasteiger partial charge in [0.25, 0.3) is 0 Å². The highest BCUT2D eigenvalue weighted by atomic mass is 16.3. The van der Waals surface area contributed by atoms with Crippen molar-refractivity contribution in [2.24, 2.45) is 0 Å². The van der Waals surface area contributed by atoms with Crippen LogP contribution in [0.15, 0.2) is 0 Å². The van der Waals surface area contributed by atoms with Gasteiger partial charge in [0.15, 0.2) is 0 Å². The quantitative estimate of drug-likeness (QED) is 0.626. The van der Waals surface area contributed by atoms with Crippen molar-refractivity contribution in [1.29, 1.82) is 0 Å². The zero-order valence-corrected chi connectivity index (χ0v) is 7.87. The summed E-state index contributed by atoms with van der Waals surface area (Å²) in [5, 5.41) is 9.26. The average Bonchev–Trinajstić information content (AvgIpc) is 2.09. The van der Waals surface area contributed by atoms with E-state index in [1.807, 2.05) is 0 Å². The van der Waals surface area contributed by atoms with Crippen molar-refractivity contribution >= 4 is 0 Å². The first-order chi connectivity index (χ1) is 5.83. The lowest BCUT2D eigenvalue weighted by molar-refractivity contribution is 0.0709. The third-order valence-corrected chi connectivity index (χ3v) is 2.02. The predicted octanol–water partition coefficient (Wildman–Crippen LogP) is 1.10. The number of terminal acetylenes is 1. The van der Waals surface area contributed by atoms with Crippen LogP contribution in [0.25, 0.3) is 0 Å². The minimum atomic E-state index is -0.0553. The number of rotatable bonds is 2. The van der Waals surface area contributed by atoms with Gasteiger partial charge in [-0.05, 0) is 32.4 Å². The van der Waals surface area contributed by atoms with Gasteiger partial charge in [0.1, 0.15) is 0 Å². The molecule has 2 heteroatoms. The summed E-state index contributed by atoms with van der Waals surface area (Å²) in [6.45, 7) is 5.41. The first-order valence-electron chi connectivity index (χ1n) is 4.56. The summed E-state index contributed by atoms with van der Waals surface area (Å²) in [5.74, 6) is 0. The van der Waals surface area contributed by atoms with Crippen LogP contribution in [-0.2, 0) is 0 Å². The summed E-state index contributed by atoms with van der Waals surface area (Å²) in [4.78, 5) is 2.34. The van der Waals surface area contributed by atoms with Gasteiger partial charge in [0.2, 0.25) is 0 Å². The standard InChI is InChI=1S/C8H17NO.C2H2/c1-2-5-9-6-3-4-8(10)7-9;1-2/h8,10H,2-7H2,1H3;1-2H. The molecule has 0 amide bonds. The third-order valence-electron chi connectivity index (χ3n) is 2.02. The van der Waals surface area contributed by atoms with E-state index in [9.17, 15) is 5.11 Å². The highest BCUT2D eigenvalue weighted by molar-refractivity contribution is 4.70. The number of β-amino-alcohol motifs (C(OH)–C–C–N with tert-alkyl or cyclic N) is 1. The van der Waals surface area contributed by atoms with E-state index in [-0.39, 0.29) is 6.10 Å². The number of piperidine rings is 1.